The predicted molar refractivity (Wildman–Crippen MR) is 82.0 cm³/mol. The van der Waals surface area contributed by atoms with Gasteiger partial charge in [-0.15, -0.1) is 5.10 Å². The molecule has 2 heterocycles. The maximum absolute atomic E-state index is 13.3. The van der Waals surface area contributed by atoms with Gasteiger partial charge in [0.05, 0.1) is 0 Å². The number of fused-ring (bicyclic) bond motifs is 1. The molecule has 0 unspecified atom stereocenters. The van der Waals surface area contributed by atoms with Crippen molar-refractivity contribution in [3.63, 3.8) is 0 Å². The molecule has 0 aliphatic carbocycles. The van der Waals surface area contributed by atoms with Crippen LogP contribution in [0.1, 0.15) is 18.4 Å². The van der Waals surface area contributed by atoms with Gasteiger partial charge in [0.2, 0.25) is 5.91 Å². The van der Waals surface area contributed by atoms with Crippen LogP contribution in [0.25, 0.3) is 10.9 Å². The molecule has 0 aliphatic heterocycles. The van der Waals surface area contributed by atoms with Crippen LogP contribution in [-0.2, 0) is 17.8 Å². The van der Waals surface area contributed by atoms with E-state index in [2.05, 4.69) is 25.8 Å². The van der Waals surface area contributed by atoms with E-state index in [4.69, 9.17) is 0 Å². The van der Waals surface area contributed by atoms with E-state index in [1.165, 1.54) is 18.5 Å². The molecule has 7 nitrogen and oxygen atoms in total. The average molecular weight is 316 g/mol. The third-order valence-electron chi connectivity index (χ3n) is 3.63. The molecule has 2 N–H and O–H groups in total. The number of H-pyrrole nitrogens is 1. The summed E-state index contributed by atoms with van der Waals surface area (Å²) in [4.78, 5) is 14.9. The zero-order valence-corrected chi connectivity index (χ0v) is 12.5. The van der Waals surface area contributed by atoms with E-state index in [-0.39, 0.29) is 11.7 Å². The van der Waals surface area contributed by atoms with Gasteiger partial charge < -0.3 is 10.3 Å². The first kappa shape index (κ1) is 15.1. The quantitative estimate of drug-likeness (QED) is 0.690. The third kappa shape index (κ3) is 3.91. The highest BCUT2D eigenvalue weighted by atomic mass is 19.1. The largest absolute Gasteiger partial charge is 0.361 e. The molecular formula is C15H17FN6O. The lowest BCUT2D eigenvalue weighted by Gasteiger charge is -2.05. The topological polar surface area (TPSA) is 88.5 Å². The van der Waals surface area contributed by atoms with Crippen molar-refractivity contribution in [3.8, 4) is 0 Å². The predicted octanol–water partition coefficient (Wildman–Crippen LogP) is 1.43. The number of amides is 1. The molecule has 23 heavy (non-hydrogen) atoms. The number of nitrogens with zero attached hydrogens (tertiary/aromatic N) is 4. The van der Waals surface area contributed by atoms with Gasteiger partial charge in [-0.3, -0.25) is 4.79 Å². The van der Waals surface area contributed by atoms with E-state index in [1.807, 2.05) is 6.20 Å². The van der Waals surface area contributed by atoms with Gasteiger partial charge in [-0.05, 0) is 47.0 Å². The van der Waals surface area contributed by atoms with Gasteiger partial charge >= 0.3 is 0 Å². The van der Waals surface area contributed by atoms with Crippen LogP contribution in [0.4, 0.5) is 4.39 Å². The van der Waals surface area contributed by atoms with Crippen molar-refractivity contribution in [2.24, 2.45) is 0 Å². The standard InChI is InChI=1S/C15H17FN6O/c16-12-3-4-14-13(8-12)11(9-18-14)5-6-17-15(23)2-1-7-22-10-19-20-21-22/h3-4,8-10,18H,1-2,5-7H2,(H,17,23). The van der Waals surface area contributed by atoms with Crippen LogP contribution in [0.3, 0.4) is 0 Å². The monoisotopic (exact) mass is 316 g/mol. The van der Waals surface area contributed by atoms with Crippen LogP contribution in [0.5, 0.6) is 0 Å². The van der Waals surface area contributed by atoms with Crippen molar-refractivity contribution in [2.45, 2.75) is 25.8 Å². The Morgan fingerprint density at radius 1 is 1.39 bits per heavy atom. The van der Waals surface area contributed by atoms with Crippen molar-refractivity contribution in [2.75, 3.05) is 6.54 Å². The minimum atomic E-state index is -0.259. The highest BCUT2D eigenvalue weighted by molar-refractivity contribution is 5.83. The Labute approximate surface area is 131 Å². The summed E-state index contributed by atoms with van der Waals surface area (Å²) >= 11 is 0. The molecule has 3 aromatic rings. The molecule has 8 heteroatoms. The first-order valence-corrected chi connectivity index (χ1v) is 7.45. The van der Waals surface area contributed by atoms with E-state index in [9.17, 15) is 9.18 Å². The van der Waals surface area contributed by atoms with E-state index < -0.39 is 0 Å². The first-order valence-electron chi connectivity index (χ1n) is 7.45. The Kier molecular flexibility index (Phi) is 4.60. The average Bonchev–Trinajstić information content (AvgIpc) is 3.17. The number of tetrazole rings is 1. The van der Waals surface area contributed by atoms with Crippen LogP contribution in [0.2, 0.25) is 0 Å². The number of hydrogen-bond donors (Lipinski definition) is 2. The van der Waals surface area contributed by atoms with Crippen molar-refractivity contribution in [1.82, 2.24) is 30.5 Å². The number of hydrogen-bond acceptors (Lipinski definition) is 4. The molecule has 3 rings (SSSR count). The zero-order valence-electron chi connectivity index (χ0n) is 12.5. The summed E-state index contributed by atoms with van der Waals surface area (Å²) < 4.78 is 14.9. The first-order chi connectivity index (χ1) is 11.2. The number of rotatable bonds is 7. The van der Waals surface area contributed by atoms with Crippen LogP contribution in [0, 0.1) is 5.82 Å². The molecule has 0 radical (unpaired) electrons. The fraction of sp³-hybridized carbons (Fsp3) is 0.333. The second-order valence-electron chi connectivity index (χ2n) is 5.28. The third-order valence-corrected chi connectivity index (χ3v) is 3.63. The van der Waals surface area contributed by atoms with Gasteiger partial charge in [-0.2, -0.15) is 0 Å². The SMILES string of the molecule is O=C(CCCn1cnnn1)NCCc1c[nH]c2ccc(F)cc12. The molecular weight excluding hydrogens is 299 g/mol. The fourth-order valence-corrected chi connectivity index (χ4v) is 2.47. The maximum Gasteiger partial charge on any atom is 0.220 e. The Bertz CT molecular complexity index is 782. The van der Waals surface area contributed by atoms with Crippen molar-refractivity contribution in [1.29, 1.82) is 0 Å². The van der Waals surface area contributed by atoms with Gasteiger partial charge in [0.15, 0.2) is 0 Å². The molecule has 120 valence electrons. The second kappa shape index (κ2) is 6.99. The van der Waals surface area contributed by atoms with E-state index in [1.54, 1.807) is 10.7 Å². The summed E-state index contributed by atoms with van der Waals surface area (Å²) in [6.07, 6.45) is 5.13. The summed E-state index contributed by atoms with van der Waals surface area (Å²) in [7, 11) is 0. The number of nitrogens with one attached hydrogen (secondary N) is 2. The molecule has 1 amide bonds. The van der Waals surface area contributed by atoms with Gasteiger partial charge in [0.1, 0.15) is 12.1 Å². The number of carbonyl (C=O) groups excluding carboxylic acids is 1. The van der Waals surface area contributed by atoms with E-state index in [0.717, 1.165) is 16.5 Å². The Hall–Kier alpha value is -2.77. The number of aryl methyl sites for hydroxylation is 1. The van der Waals surface area contributed by atoms with Gasteiger partial charge in [0, 0.05) is 36.6 Å². The zero-order chi connectivity index (χ0) is 16.1. The number of aromatic nitrogens is 5. The smallest absolute Gasteiger partial charge is 0.220 e. The lowest BCUT2D eigenvalue weighted by molar-refractivity contribution is -0.121. The molecule has 0 saturated carbocycles. The van der Waals surface area contributed by atoms with Crippen LogP contribution >= 0.6 is 0 Å². The summed E-state index contributed by atoms with van der Waals surface area (Å²) in [5.74, 6) is -0.269. The molecule has 0 saturated heterocycles. The summed E-state index contributed by atoms with van der Waals surface area (Å²) in [5, 5.41) is 14.5. The van der Waals surface area contributed by atoms with E-state index >= 15 is 0 Å². The van der Waals surface area contributed by atoms with Gasteiger partial charge in [0.25, 0.3) is 0 Å². The minimum absolute atomic E-state index is 0.0101. The van der Waals surface area contributed by atoms with Crippen LogP contribution in [-0.4, -0.2) is 37.6 Å². The molecule has 0 fully saturated rings. The molecule has 0 aliphatic rings. The molecule has 0 atom stereocenters. The van der Waals surface area contributed by atoms with Crippen LogP contribution < -0.4 is 5.32 Å². The van der Waals surface area contributed by atoms with Crippen molar-refractivity contribution >= 4 is 16.8 Å². The van der Waals surface area contributed by atoms with Crippen LogP contribution in [0.15, 0.2) is 30.7 Å². The van der Waals surface area contributed by atoms with Crippen molar-refractivity contribution in [3.05, 3.63) is 42.1 Å². The fourth-order valence-electron chi connectivity index (χ4n) is 2.47. The summed E-state index contributed by atoms with van der Waals surface area (Å²) in [5.41, 5.74) is 1.89. The molecule has 1 aromatic carbocycles. The van der Waals surface area contributed by atoms with Gasteiger partial charge in [-0.1, -0.05) is 0 Å². The highest BCUT2D eigenvalue weighted by Gasteiger charge is 2.06. The molecule has 0 bridgehead atoms. The summed E-state index contributed by atoms with van der Waals surface area (Å²) in [6.45, 7) is 1.13. The lowest BCUT2D eigenvalue weighted by Crippen LogP contribution is -2.25. The minimum Gasteiger partial charge on any atom is -0.361 e. The normalized spacial score (nSPS) is 11.0. The maximum atomic E-state index is 13.3. The number of benzene rings is 1. The lowest BCUT2D eigenvalue weighted by atomic mass is 10.1. The number of carbonyl (C=O) groups is 1. The Balaban J connectivity index is 1.43. The van der Waals surface area contributed by atoms with Gasteiger partial charge in [-0.25, -0.2) is 9.07 Å². The molecule has 0 spiro atoms. The second-order valence-corrected chi connectivity index (χ2v) is 5.28. The summed E-state index contributed by atoms with van der Waals surface area (Å²) in [6, 6.07) is 4.65. The van der Waals surface area contributed by atoms with E-state index in [0.29, 0.717) is 32.4 Å². The number of halogens is 1. The number of aromatic amines is 1. The van der Waals surface area contributed by atoms with Crippen molar-refractivity contribution < 1.29 is 9.18 Å². The molecule has 2 aromatic heterocycles. The Morgan fingerprint density at radius 3 is 3.13 bits per heavy atom. The Morgan fingerprint density at radius 2 is 2.30 bits per heavy atom. The highest BCUT2D eigenvalue weighted by Crippen LogP contribution is 2.19.